The van der Waals surface area contributed by atoms with Crippen LogP contribution in [0.5, 0.6) is 5.75 Å². The van der Waals surface area contributed by atoms with Crippen LogP contribution in [0.2, 0.25) is 0 Å². The molecular weight excluding hydrogens is 344 g/mol. The summed E-state index contributed by atoms with van der Waals surface area (Å²) in [6.07, 6.45) is 0.838. The van der Waals surface area contributed by atoms with E-state index in [-0.39, 0.29) is 12.3 Å². The highest BCUT2D eigenvalue weighted by molar-refractivity contribution is 5.87. The fourth-order valence-corrected chi connectivity index (χ4v) is 3.24. The van der Waals surface area contributed by atoms with Crippen LogP contribution in [0.4, 0.5) is 0 Å². The van der Waals surface area contributed by atoms with Gasteiger partial charge in [-0.3, -0.25) is 4.79 Å². The highest BCUT2D eigenvalue weighted by Gasteiger charge is 2.23. The first-order valence-corrected chi connectivity index (χ1v) is 8.69. The summed E-state index contributed by atoms with van der Waals surface area (Å²) in [7, 11) is 1.62. The van der Waals surface area contributed by atoms with Gasteiger partial charge >= 0.3 is 5.97 Å². The van der Waals surface area contributed by atoms with Gasteiger partial charge in [0.05, 0.1) is 7.11 Å². The standard InChI is InChI=1S/C21H22N2O4/c1-13(24)22-20(21(25)26)12-17-16-5-3-4-6-18(16)23-19(17)11-14-7-9-15(27-2)10-8-14/h3-10,20,23H,11-12H2,1-2H3,(H,22,24)(H,25,26)/t20-/m0/s1. The van der Waals surface area contributed by atoms with E-state index < -0.39 is 12.0 Å². The van der Waals surface area contributed by atoms with Gasteiger partial charge in [0.2, 0.25) is 5.91 Å². The van der Waals surface area contributed by atoms with Crippen LogP contribution in [-0.4, -0.2) is 35.1 Å². The molecule has 140 valence electrons. The summed E-state index contributed by atoms with van der Waals surface area (Å²) in [6, 6.07) is 14.6. The molecule has 1 amide bonds. The fraction of sp³-hybridized carbons (Fsp3) is 0.238. The second kappa shape index (κ2) is 7.95. The minimum Gasteiger partial charge on any atom is -0.497 e. The van der Waals surface area contributed by atoms with E-state index in [0.717, 1.165) is 33.5 Å². The summed E-state index contributed by atoms with van der Waals surface area (Å²) in [5.74, 6) is -0.628. The fourth-order valence-electron chi connectivity index (χ4n) is 3.24. The summed E-state index contributed by atoms with van der Waals surface area (Å²) < 4.78 is 5.19. The highest BCUT2D eigenvalue weighted by atomic mass is 16.5. The molecule has 1 heterocycles. The Morgan fingerprint density at radius 1 is 1.15 bits per heavy atom. The Morgan fingerprint density at radius 3 is 2.48 bits per heavy atom. The second-order valence-corrected chi connectivity index (χ2v) is 6.45. The Balaban J connectivity index is 1.97. The predicted octanol–water partition coefficient (Wildman–Crippen LogP) is 2.90. The molecule has 0 bridgehead atoms. The van der Waals surface area contributed by atoms with Crippen LogP contribution < -0.4 is 10.1 Å². The van der Waals surface area contributed by atoms with E-state index in [2.05, 4.69) is 10.3 Å². The van der Waals surface area contributed by atoms with Crippen molar-refractivity contribution in [3.63, 3.8) is 0 Å². The first-order chi connectivity index (χ1) is 13.0. The van der Waals surface area contributed by atoms with Gasteiger partial charge in [0, 0.05) is 36.4 Å². The SMILES string of the molecule is COc1ccc(Cc2[nH]c3ccccc3c2C[C@H](NC(C)=O)C(=O)O)cc1. The molecule has 27 heavy (non-hydrogen) atoms. The van der Waals surface area contributed by atoms with E-state index in [4.69, 9.17) is 4.74 Å². The molecule has 0 fully saturated rings. The third-order valence-corrected chi connectivity index (χ3v) is 4.53. The topological polar surface area (TPSA) is 91.4 Å². The van der Waals surface area contributed by atoms with Crippen LogP contribution >= 0.6 is 0 Å². The number of aliphatic carboxylic acids is 1. The molecule has 3 N–H and O–H groups in total. The zero-order chi connectivity index (χ0) is 19.4. The zero-order valence-corrected chi connectivity index (χ0v) is 15.3. The molecule has 0 aliphatic carbocycles. The number of methoxy groups -OCH3 is 1. The van der Waals surface area contributed by atoms with E-state index in [0.29, 0.717) is 6.42 Å². The quantitative estimate of drug-likeness (QED) is 0.600. The van der Waals surface area contributed by atoms with Crippen molar-refractivity contribution in [2.45, 2.75) is 25.8 Å². The number of benzene rings is 2. The summed E-state index contributed by atoms with van der Waals surface area (Å²) in [5, 5.41) is 13.0. The minimum atomic E-state index is -1.05. The van der Waals surface area contributed by atoms with Gasteiger partial charge in [0.25, 0.3) is 0 Å². The van der Waals surface area contributed by atoms with Crippen molar-refractivity contribution >= 4 is 22.8 Å². The molecule has 6 heteroatoms. The van der Waals surface area contributed by atoms with Gasteiger partial charge in [0.1, 0.15) is 11.8 Å². The van der Waals surface area contributed by atoms with Crippen LogP contribution in [0.25, 0.3) is 10.9 Å². The van der Waals surface area contributed by atoms with Crippen LogP contribution in [0, 0.1) is 0 Å². The number of hydrogen-bond acceptors (Lipinski definition) is 3. The molecule has 0 saturated heterocycles. The molecule has 0 unspecified atom stereocenters. The Labute approximate surface area is 157 Å². The van der Waals surface area contributed by atoms with Crippen LogP contribution in [-0.2, 0) is 22.4 Å². The van der Waals surface area contributed by atoms with E-state index in [1.54, 1.807) is 7.11 Å². The first kappa shape index (κ1) is 18.5. The number of para-hydroxylation sites is 1. The van der Waals surface area contributed by atoms with E-state index in [1.807, 2.05) is 48.5 Å². The van der Waals surface area contributed by atoms with Crippen molar-refractivity contribution in [2.75, 3.05) is 7.11 Å². The number of aromatic nitrogens is 1. The number of amides is 1. The van der Waals surface area contributed by atoms with Gasteiger partial charge in [0.15, 0.2) is 0 Å². The van der Waals surface area contributed by atoms with Crippen LogP contribution in [0.3, 0.4) is 0 Å². The lowest BCUT2D eigenvalue weighted by Crippen LogP contribution is -2.41. The van der Waals surface area contributed by atoms with Crippen molar-refractivity contribution in [3.05, 3.63) is 65.4 Å². The smallest absolute Gasteiger partial charge is 0.326 e. The average Bonchev–Trinajstić information content (AvgIpc) is 2.98. The molecule has 3 rings (SSSR count). The Hall–Kier alpha value is -3.28. The van der Waals surface area contributed by atoms with Gasteiger partial charge in [-0.25, -0.2) is 4.79 Å². The Morgan fingerprint density at radius 2 is 1.85 bits per heavy atom. The van der Waals surface area contributed by atoms with E-state index >= 15 is 0 Å². The number of rotatable bonds is 7. The van der Waals surface area contributed by atoms with Gasteiger partial charge in [-0.1, -0.05) is 30.3 Å². The molecule has 0 aliphatic heterocycles. The van der Waals surface area contributed by atoms with Crippen molar-refractivity contribution in [1.29, 1.82) is 0 Å². The number of carbonyl (C=O) groups is 2. The number of aromatic amines is 1. The average molecular weight is 366 g/mol. The molecule has 3 aromatic rings. The normalized spacial score (nSPS) is 11.9. The number of nitrogens with one attached hydrogen (secondary N) is 2. The lowest BCUT2D eigenvalue weighted by Gasteiger charge is -2.14. The number of fused-ring (bicyclic) bond motifs is 1. The van der Waals surface area contributed by atoms with Crippen LogP contribution in [0.15, 0.2) is 48.5 Å². The molecule has 2 aromatic carbocycles. The third kappa shape index (κ3) is 4.28. The maximum absolute atomic E-state index is 11.6. The lowest BCUT2D eigenvalue weighted by atomic mass is 9.98. The number of carboxylic acid groups (broad SMARTS) is 1. The third-order valence-electron chi connectivity index (χ3n) is 4.53. The van der Waals surface area contributed by atoms with E-state index in [1.165, 1.54) is 6.92 Å². The molecular formula is C21H22N2O4. The molecule has 0 radical (unpaired) electrons. The van der Waals surface area contributed by atoms with E-state index in [9.17, 15) is 14.7 Å². The molecule has 6 nitrogen and oxygen atoms in total. The monoisotopic (exact) mass is 366 g/mol. The maximum Gasteiger partial charge on any atom is 0.326 e. The summed E-state index contributed by atoms with van der Waals surface area (Å²) in [5.41, 5.74) is 3.87. The van der Waals surface area contributed by atoms with Gasteiger partial charge < -0.3 is 20.1 Å². The molecule has 1 atom stereocenters. The van der Waals surface area contributed by atoms with Crippen molar-refractivity contribution in [3.8, 4) is 5.75 Å². The maximum atomic E-state index is 11.6. The number of ether oxygens (including phenoxy) is 1. The molecule has 0 aliphatic rings. The molecule has 0 spiro atoms. The number of carbonyl (C=O) groups excluding carboxylic acids is 1. The van der Waals surface area contributed by atoms with Gasteiger partial charge in [-0.15, -0.1) is 0 Å². The number of H-pyrrole nitrogens is 1. The van der Waals surface area contributed by atoms with Gasteiger partial charge in [-0.05, 0) is 29.3 Å². The highest BCUT2D eigenvalue weighted by Crippen LogP contribution is 2.26. The second-order valence-electron chi connectivity index (χ2n) is 6.45. The first-order valence-electron chi connectivity index (χ1n) is 8.69. The summed E-state index contributed by atoms with van der Waals surface area (Å²) >= 11 is 0. The lowest BCUT2D eigenvalue weighted by molar-refractivity contribution is -0.141. The summed E-state index contributed by atoms with van der Waals surface area (Å²) in [6.45, 7) is 1.32. The Kier molecular flexibility index (Phi) is 5.45. The van der Waals surface area contributed by atoms with Crippen molar-refractivity contribution < 1.29 is 19.4 Å². The number of hydrogen-bond donors (Lipinski definition) is 3. The zero-order valence-electron chi connectivity index (χ0n) is 15.3. The minimum absolute atomic E-state index is 0.213. The summed E-state index contributed by atoms with van der Waals surface area (Å²) in [4.78, 5) is 26.4. The molecule has 0 saturated carbocycles. The van der Waals surface area contributed by atoms with Crippen molar-refractivity contribution in [2.24, 2.45) is 0 Å². The Bertz CT molecular complexity index is 960. The van der Waals surface area contributed by atoms with Crippen LogP contribution in [0.1, 0.15) is 23.7 Å². The van der Waals surface area contributed by atoms with Gasteiger partial charge in [-0.2, -0.15) is 0 Å². The predicted molar refractivity (Wildman–Crippen MR) is 103 cm³/mol. The largest absolute Gasteiger partial charge is 0.497 e. The number of carboxylic acids is 1. The van der Waals surface area contributed by atoms with Crippen molar-refractivity contribution in [1.82, 2.24) is 10.3 Å². The molecule has 1 aromatic heterocycles.